The maximum atomic E-state index is 13.6. The Morgan fingerprint density at radius 1 is 0.544 bits per heavy atom. The van der Waals surface area contributed by atoms with Crippen LogP contribution >= 0.6 is 0 Å². The molecule has 0 bridgehead atoms. The molecule has 0 aliphatic rings. The monoisotopic (exact) mass is 748 g/mol. The molecule has 6 heteroatoms. The topological polar surface area (TPSA) is 68.7 Å². The Hall–Kier alpha value is -6.40. The van der Waals surface area contributed by atoms with Crippen LogP contribution in [0.25, 0.3) is 56.1 Å². The van der Waals surface area contributed by atoms with E-state index >= 15 is 0 Å². The zero-order valence-electron chi connectivity index (χ0n) is 33.4. The van der Waals surface area contributed by atoms with Gasteiger partial charge in [-0.15, -0.1) is 0 Å². The number of aryl methyl sites for hydroxylation is 3. The summed E-state index contributed by atoms with van der Waals surface area (Å²) in [5.41, 5.74) is 13.9. The molecule has 57 heavy (non-hydrogen) atoms. The van der Waals surface area contributed by atoms with Crippen molar-refractivity contribution >= 4 is 11.3 Å². The number of unbranched alkanes of at least 4 members (excludes halogenated alkanes) is 1. The summed E-state index contributed by atoms with van der Waals surface area (Å²) >= 11 is 0. The third-order valence-electron chi connectivity index (χ3n) is 11.6. The minimum Gasteiger partial charge on any atom is -0.269 e. The second-order valence-corrected chi connectivity index (χ2v) is 15.3. The predicted molar refractivity (Wildman–Crippen MR) is 234 cm³/mol. The van der Waals surface area contributed by atoms with Crippen molar-refractivity contribution in [1.29, 1.82) is 0 Å². The fourth-order valence-corrected chi connectivity index (χ4v) is 8.67. The van der Waals surface area contributed by atoms with Crippen molar-refractivity contribution in [2.24, 2.45) is 0 Å². The van der Waals surface area contributed by atoms with Gasteiger partial charge in [0.25, 0.3) is 11.1 Å². The second-order valence-electron chi connectivity index (χ2n) is 15.3. The van der Waals surface area contributed by atoms with E-state index in [0.29, 0.717) is 22.7 Å². The molecule has 4 aromatic carbocycles. The van der Waals surface area contributed by atoms with E-state index in [1.165, 1.54) is 27.8 Å². The van der Waals surface area contributed by atoms with E-state index < -0.39 is 0 Å². The maximum Gasteiger partial charge on any atom is 0.258 e. The molecule has 0 unspecified atom stereocenters. The van der Waals surface area contributed by atoms with Crippen LogP contribution in [0.3, 0.4) is 0 Å². The first-order valence-corrected chi connectivity index (χ1v) is 20.2. The fraction of sp³-hybridized carbons (Fsp3) is 0.216. The Kier molecular flexibility index (Phi) is 10.3. The van der Waals surface area contributed by atoms with E-state index in [4.69, 9.17) is 9.97 Å². The summed E-state index contributed by atoms with van der Waals surface area (Å²) in [7, 11) is 0. The van der Waals surface area contributed by atoms with Crippen LogP contribution < -0.4 is 11.1 Å². The van der Waals surface area contributed by atoms with Crippen LogP contribution in [0, 0.1) is 13.8 Å². The van der Waals surface area contributed by atoms with Crippen LogP contribution in [0.1, 0.15) is 74.3 Å². The summed E-state index contributed by atoms with van der Waals surface area (Å²) in [5.74, 6) is 0. The number of hydrogen-bond acceptors (Lipinski definition) is 4. The number of rotatable bonds is 11. The normalized spacial score (nSPS) is 11.7. The highest BCUT2D eigenvalue weighted by atomic mass is 16.1. The average Bonchev–Trinajstić information content (AvgIpc) is 3.23. The van der Waals surface area contributed by atoms with E-state index in [-0.39, 0.29) is 16.5 Å². The lowest BCUT2D eigenvalue weighted by Crippen LogP contribution is -2.28. The van der Waals surface area contributed by atoms with Crippen LogP contribution in [0.15, 0.2) is 149 Å². The maximum absolute atomic E-state index is 13.6. The van der Waals surface area contributed by atoms with Gasteiger partial charge >= 0.3 is 0 Å². The third kappa shape index (κ3) is 7.12. The predicted octanol–water partition coefficient (Wildman–Crippen LogP) is 11.4. The molecule has 0 N–H and O–H groups in total. The van der Waals surface area contributed by atoms with Gasteiger partial charge < -0.3 is 0 Å². The van der Waals surface area contributed by atoms with Crippen molar-refractivity contribution in [3.05, 3.63) is 188 Å². The van der Waals surface area contributed by atoms with Crippen molar-refractivity contribution in [3.63, 3.8) is 0 Å². The molecule has 0 aliphatic heterocycles. The highest BCUT2D eigenvalue weighted by Crippen LogP contribution is 2.48. The van der Waals surface area contributed by atoms with Gasteiger partial charge in [-0.2, -0.15) is 0 Å². The highest BCUT2D eigenvalue weighted by molar-refractivity contribution is 5.84. The first-order valence-electron chi connectivity index (χ1n) is 20.2. The van der Waals surface area contributed by atoms with Gasteiger partial charge in [0, 0.05) is 41.1 Å². The molecule has 0 amide bonds. The lowest BCUT2D eigenvalue weighted by atomic mass is 9.66. The summed E-state index contributed by atoms with van der Waals surface area (Å²) in [6.07, 6.45) is 8.63. The summed E-state index contributed by atoms with van der Waals surface area (Å²) < 4.78 is 3.24. The van der Waals surface area contributed by atoms with Crippen LogP contribution in [-0.2, 0) is 11.8 Å². The molecule has 8 aromatic rings. The van der Waals surface area contributed by atoms with Crippen molar-refractivity contribution < 1.29 is 0 Å². The summed E-state index contributed by atoms with van der Waals surface area (Å²) in [6.45, 7) is 11.1. The smallest absolute Gasteiger partial charge is 0.258 e. The zero-order valence-corrected chi connectivity index (χ0v) is 33.4. The highest BCUT2D eigenvalue weighted by Gasteiger charge is 2.36. The van der Waals surface area contributed by atoms with Crippen LogP contribution in [-0.4, -0.2) is 18.8 Å². The first-order chi connectivity index (χ1) is 27.7. The molecule has 0 aliphatic carbocycles. The molecule has 6 nitrogen and oxygen atoms in total. The Morgan fingerprint density at radius 3 is 1.65 bits per heavy atom. The first kappa shape index (κ1) is 37.5. The van der Waals surface area contributed by atoms with Crippen molar-refractivity contribution in [2.75, 3.05) is 0 Å². The minimum atomic E-state index is -0.381. The Balaban J connectivity index is 1.37. The zero-order chi connectivity index (χ0) is 39.7. The molecule has 0 saturated heterocycles. The number of hydrogen-bond donors (Lipinski definition) is 0. The fourth-order valence-electron chi connectivity index (χ4n) is 8.67. The summed E-state index contributed by atoms with van der Waals surface area (Å²) in [4.78, 5) is 37.2. The number of aromatic nitrogens is 4. The molecular weight excluding hydrogens is 701 g/mol. The minimum absolute atomic E-state index is 0.116. The number of benzene rings is 4. The van der Waals surface area contributed by atoms with E-state index in [9.17, 15) is 9.59 Å². The van der Waals surface area contributed by atoms with Gasteiger partial charge in [0.15, 0.2) is 0 Å². The molecule has 0 spiro atoms. The quantitative estimate of drug-likeness (QED) is 0.132. The van der Waals surface area contributed by atoms with E-state index in [2.05, 4.69) is 95.3 Å². The van der Waals surface area contributed by atoms with Crippen LogP contribution in [0.2, 0.25) is 0 Å². The molecule has 284 valence electrons. The molecule has 0 fully saturated rings. The lowest BCUT2D eigenvalue weighted by Gasteiger charge is -2.37. The van der Waals surface area contributed by atoms with Gasteiger partial charge in [0.05, 0.1) is 11.4 Å². The van der Waals surface area contributed by atoms with Crippen molar-refractivity contribution in [3.8, 4) is 44.8 Å². The largest absolute Gasteiger partial charge is 0.269 e. The van der Waals surface area contributed by atoms with E-state index in [0.717, 1.165) is 65.5 Å². The molecule has 8 rings (SSSR count). The average molecular weight is 749 g/mol. The molecule has 4 aromatic heterocycles. The third-order valence-corrected chi connectivity index (χ3v) is 11.6. The Morgan fingerprint density at radius 2 is 1.09 bits per heavy atom. The Bertz CT molecular complexity index is 2860. The number of pyridine rings is 2. The van der Waals surface area contributed by atoms with Gasteiger partial charge in [-0.05, 0) is 109 Å². The van der Waals surface area contributed by atoms with Crippen LogP contribution in [0.4, 0.5) is 0 Å². The van der Waals surface area contributed by atoms with Gasteiger partial charge in [-0.25, -0.2) is 9.97 Å². The van der Waals surface area contributed by atoms with Gasteiger partial charge in [0.1, 0.15) is 11.3 Å². The van der Waals surface area contributed by atoms with E-state index in [1.54, 1.807) is 20.9 Å². The molecular formula is C51H48N4O2. The molecule has 0 atom stereocenters. The molecule has 0 radical (unpaired) electrons. The van der Waals surface area contributed by atoms with Crippen molar-refractivity contribution in [1.82, 2.24) is 18.8 Å². The van der Waals surface area contributed by atoms with Gasteiger partial charge in [0.2, 0.25) is 0 Å². The lowest BCUT2D eigenvalue weighted by molar-refractivity contribution is 0.480. The standard InChI is InChI=1S/C51H48N4O2/c1-6-9-15-36-16-13-19-40(29-36)45-33-49(57)55-25-23-39(31-47(55)53-45)43-21-14-20-42(50(43)51(7-2,8-3)41-27-34(4)26-35(5)28-41)38-22-24-54-46(30-38)52-44(32-48(54)56)37-17-11-10-12-18-37/h10-14,16-33H,6-9,15H2,1-5H3. The molecule has 4 heterocycles. The van der Waals surface area contributed by atoms with Crippen molar-refractivity contribution in [2.45, 2.75) is 72.1 Å². The van der Waals surface area contributed by atoms with Crippen LogP contribution in [0.5, 0.6) is 0 Å². The van der Waals surface area contributed by atoms with Gasteiger partial charge in [-0.1, -0.05) is 123 Å². The number of nitrogens with zero attached hydrogens (tertiary/aromatic N) is 4. The SMILES string of the molecule is CCCCc1cccc(-c2cc(=O)n3ccc(-c4cccc(-c5ccn6c(=O)cc(-c7ccccc7)nc6c5)c4C(CC)(CC)c4cc(C)cc(C)c4)cc3n2)c1. The summed E-state index contributed by atoms with van der Waals surface area (Å²) in [5, 5.41) is 0. The van der Waals surface area contributed by atoms with E-state index in [1.807, 2.05) is 67.0 Å². The summed E-state index contributed by atoms with van der Waals surface area (Å²) in [6, 6.07) is 43.0. The Labute approximate surface area is 334 Å². The number of fused-ring (bicyclic) bond motifs is 2. The second kappa shape index (κ2) is 15.6. The molecule has 0 saturated carbocycles. The van der Waals surface area contributed by atoms with Gasteiger partial charge in [-0.3, -0.25) is 18.4 Å².